The fraction of sp³-hybridized carbons (Fsp3) is 0.0625. The first kappa shape index (κ1) is 10.8. The number of hydrogen-bond acceptors (Lipinski definition) is 3. The molecule has 92 valence electrons. The second-order valence-electron chi connectivity index (χ2n) is 4.55. The van der Waals surface area contributed by atoms with Crippen molar-refractivity contribution < 1.29 is 9.53 Å². The molecule has 3 heteroatoms. The van der Waals surface area contributed by atoms with Gasteiger partial charge in [-0.15, -0.1) is 11.3 Å². The minimum atomic E-state index is -0.492. The lowest BCUT2D eigenvalue weighted by Gasteiger charge is -2.12. The average molecular weight is 266 g/mol. The first-order valence-electron chi connectivity index (χ1n) is 6.10. The van der Waals surface area contributed by atoms with Gasteiger partial charge in [-0.2, -0.15) is 0 Å². The van der Waals surface area contributed by atoms with E-state index < -0.39 is 6.10 Å². The van der Waals surface area contributed by atoms with Crippen molar-refractivity contribution in [1.82, 2.24) is 0 Å². The molecule has 2 aromatic carbocycles. The van der Waals surface area contributed by atoms with Crippen LogP contribution in [0.4, 0.5) is 0 Å². The molecule has 1 aliphatic rings. The van der Waals surface area contributed by atoms with Gasteiger partial charge in [-0.05, 0) is 22.2 Å². The minimum absolute atomic E-state index is 0.0626. The number of fused-ring (bicyclic) bond motifs is 2. The van der Waals surface area contributed by atoms with E-state index in [4.69, 9.17) is 4.74 Å². The summed E-state index contributed by atoms with van der Waals surface area (Å²) in [6.07, 6.45) is -0.492. The Balaban J connectivity index is 1.89. The van der Waals surface area contributed by atoms with Crippen LogP contribution in [0, 0.1) is 0 Å². The molecular weight excluding hydrogens is 256 g/mol. The van der Waals surface area contributed by atoms with E-state index in [1.54, 1.807) is 0 Å². The number of thiophene rings is 1. The maximum absolute atomic E-state index is 12.4. The highest BCUT2D eigenvalue weighted by atomic mass is 32.1. The highest BCUT2D eigenvalue weighted by Gasteiger charge is 2.35. The lowest BCUT2D eigenvalue weighted by Crippen LogP contribution is -2.11. The van der Waals surface area contributed by atoms with Gasteiger partial charge in [0, 0.05) is 5.56 Å². The van der Waals surface area contributed by atoms with Gasteiger partial charge in [0.2, 0.25) is 5.78 Å². The van der Waals surface area contributed by atoms with Crippen LogP contribution in [0.1, 0.15) is 22.0 Å². The Bertz CT molecular complexity index is 783. The number of hydrogen-bond donors (Lipinski definition) is 0. The number of ketones is 1. The second kappa shape index (κ2) is 3.93. The number of Topliss-reactive ketones (excluding diaryl/α,β-unsaturated/α-hetero) is 1. The first-order valence-corrected chi connectivity index (χ1v) is 6.98. The predicted octanol–water partition coefficient (Wildman–Crippen LogP) is 4.22. The van der Waals surface area contributed by atoms with Gasteiger partial charge in [0.15, 0.2) is 11.2 Å². The zero-order valence-corrected chi connectivity index (χ0v) is 10.8. The summed E-state index contributed by atoms with van der Waals surface area (Å²) >= 11 is 1.48. The maximum atomic E-state index is 12.4. The van der Waals surface area contributed by atoms with E-state index >= 15 is 0 Å². The summed E-state index contributed by atoms with van der Waals surface area (Å²) < 4.78 is 5.82. The van der Waals surface area contributed by atoms with Crippen LogP contribution in [-0.2, 0) is 0 Å². The summed E-state index contributed by atoms with van der Waals surface area (Å²) in [5, 5.41) is 4.84. The fourth-order valence-electron chi connectivity index (χ4n) is 2.55. The highest BCUT2D eigenvalue weighted by Crippen LogP contribution is 2.41. The van der Waals surface area contributed by atoms with Crippen molar-refractivity contribution in [1.29, 1.82) is 0 Å². The second-order valence-corrected chi connectivity index (χ2v) is 5.43. The van der Waals surface area contributed by atoms with Crippen LogP contribution in [0.5, 0.6) is 5.06 Å². The Morgan fingerprint density at radius 3 is 2.74 bits per heavy atom. The predicted molar refractivity (Wildman–Crippen MR) is 76.0 cm³/mol. The summed E-state index contributed by atoms with van der Waals surface area (Å²) in [7, 11) is 0. The largest absolute Gasteiger partial charge is 0.467 e. The average Bonchev–Trinajstić information content (AvgIpc) is 3.02. The highest BCUT2D eigenvalue weighted by molar-refractivity contribution is 7.12. The van der Waals surface area contributed by atoms with E-state index in [1.165, 1.54) is 11.3 Å². The van der Waals surface area contributed by atoms with E-state index in [-0.39, 0.29) is 5.78 Å². The van der Waals surface area contributed by atoms with Gasteiger partial charge >= 0.3 is 0 Å². The lowest BCUT2D eigenvalue weighted by atomic mass is 9.97. The van der Waals surface area contributed by atoms with Crippen molar-refractivity contribution in [2.45, 2.75) is 6.10 Å². The van der Waals surface area contributed by atoms with Gasteiger partial charge in [0.05, 0.1) is 5.56 Å². The molecule has 0 saturated heterocycles. The van der Waals surface area contributed by atoms with Gasteiger partial charge in [0.25, 0.3) is 0 Å². The van der Waals surface area contributed by atoms with Crippen LogP contribution >= 0.6 is 11.3 Å². The number of carbonyl (C=O) groups is 1. The molecular formula is C16H10O2S. The molecule has 19 heavy (non-hydrogen) atoms. The van der Waals surface area contributed by atoms with E-state index in [0.717, 1.165) is 21.4 Å². The van der Waals surface area contributed by atoms with Crippen molar-refractivity contribution >= 4 is 27.9 Å². The van der Waals surface area contributed by atoms with Gasteiger partial charge in [-0.3, -0.25) is 4.79 Å². The standard InChI is InChI=1S/C16H10O2S/c17-14-13-8-9-19-16(13)18-15(14)12-7-3-5-10-4-1-2-6-11(10)12/h1-9,15H/t15-/m1/s1. The Morgan fingerprint density at radius 1 is 1.00 bits per heavy atom. The van der Waals surface area contributed by atoms with Crippen LogP contribution < -0.4 is 4.74 Å². The Kier molecular flexibility index (Phi) is 2.23. The van der Waals surface area contributed by atoms with E-state index in [0.29, 0.717) is 5.56 Å². The topological polar surface area (TPSA) is 26.3 Å². The molecule has 0 radical (unpaired) electrons. The maximum Gasteiger partial charge on any atom is 0.212 e. The number of ether oxygens (including phenoxy) is 1. The fourth-order valence-corrected chi connectivity index (χ4v) is 3.33. The smallest absolute Gasteiger partial charge is 0.212 e. The molecule has 0 unspecified atom stereocenters. The monoisotopic (exact) mass is 266 g/mol. The SMILES string of the molecule is O=C1c2ccsc2O[C@@H]1c1cccc2ccccc12. The summed E-state index contributed by atoms with van der Waals surface area (Å²) in [6, 6.07) is 15.9. The summed E-state index contributed by atoms with van der Waals surface area (Å²) in [5.41, 5.74) is 1.66. The summed E-state index contributed by atoms with van der Waals surface area (Å²) in [4.78, 5) is 12.4. The first-order chi connectivity index (χ1) is 9.34. The van der Waals surface area contributed by atoms with Gasteiger partial charge < -0.3 is 4.74 Å². The minimum Gasteiger partial charge on any atom is -0.467 e. The van der Waals surface area contributed by atoms with Crippen molar-refractivity contribution in [2.24, 2.45) is 0 Å². The van der Waals surface area contributed by atoms with Crippen molar-refractivity contribution in [3.63, 3.8) is 0 Å². The van der Waals surface area contributed by atoms with Crippen molar-refractivity contribution in [3.05, 3.63) is 65.0 Å². The van der Waals surface area contributed by atoms with Crippen molar-refractivity contribution in [2.75, 3.05) is 0 Å². The summed E-state index contributed by atoms with van der Waals surface area (Å²) in [5.74, 6) is 0.0626. The molecule has 1 atom stereocenters. The molecule has 0 amide bonds. The van der Waals surface area contributed by atoms with Crippen LogP contribution in [-0.4, -0.2) is 5.78 Å². The van der Waals surface area contributed by atoms with Crippen molar-refractivity contribution in [3.8, 4) is 5.06 Å². The molecule has 1 aromatic heterocycles. The Labute approximate surface area is 114 Å². The van der Waals surface area contributed by atoms with Crippen LogP contribution in [0.25, 0.3) is 10.8 Å². The molecule has 2 nitrogen and oxygen atoms in total. The molecule has 0 saturated carbocycles. The molecule has 0 aliphatic carbocycles. The number of rotatable bonds is 1. The molecule has 0 spiro atoms. The van der Waals surface area contributed by atoms with Crippen LogP contribution in [0.2, 0.25) is 0 Å². The molecule has 0 bridgehead atoms. The normalized spacial score (nSPS) is 17.5. The van der Waals surface area contributed by atoms with Crippen LogP contribution in [0.3, 0.4) is 0 Å². The van der Waals surface area contributed by atoms with E-state index in [2.05, 4.69) is 0 Å². The molecule has 0 N–H and O–H groups in total. The van der Waals surface area contributed by atoms with Gasteiger partial charge in [-0.1, -0.05) is 42.5 Å². The Hall–Kier alpha value is -2.13. The van der Waals surface area contributed by atoms with E-state index in [9.17, 15) is 4.79 Å². The number of carbonyl (C=O) groups excluding carboxylic acids is 1. The quantitative estimate of drug-likeness (QED) is 0.659. The molecule has 2 heterocycles. The zero-order chi connectivity index (χ0) is 12.8. The Morgan fingerprint density at radius 2 is 1.84 bits per heavy atom. The van der Waals surface area contributed by atoms with Crippen LogP contribution in [0.15, 0.2) is 53.9 Å². The van der Waals surface area contributed by atoms with Gasteiger partial charge in [-0.25, -0.2) is 0 Å². The lowest BCUT2D eigenvalue weighted by molar-refractivity contribution is 0.0862. The van der Waals surface area contributed by atoms with Gasteiger partial charge in [0.1, 0.15) is 0 Å². The molecule has 4 rings (SSSR count). The summed E-state index contributed by atoms with van der Waals surface area (Å²) in [6.45, 7) is 0. The third-order valence-electron chi connectivity index (χ3n) is 3.46. The third kappa shape index (κ3) is 1.52. The number of benzene rings is 2. The molecule has 1 aliphatic heterocycles. The third-order valence-corrected chi connectivity index (χ3v) is 4.27. The molecule has 3 aromatic rings. The molecule has 0 fully saturated rings. The zero-order valence-electron chi connectivity index (χ0n) is 10.00. The van der Waals surface area contributed by atoms with E-state index in [1.807, 2.05) is 53.9 Å².